The van der Waals surface area contributed by atoms with Crippen LogP contribution in [-0.2, 0) is 20.5 Å². The first kappa shape index (κ1) is 16.3. The van der Waals surface area contributed by atoms with Gasteiger partial charge < -0.3 is 15.4 Å². The largest absolute Gasteiger partial charge is 0.416 e. The summed E-state index contributed by atoms with van der Waals surface area (Å²) in [6, 6.07) is 3.85. The molecule has 0 unspecified atom stereocenters. The van der Waals surface area contributed by atoms with Crippen molar-refractivity contribution in [3.05, 3.63) is 29.8 Å². The normalized spacial score (nSPS) is 18.0. The highest BCUT2D eigenvalue weighted by atomic mass is 19.4. The minimum atomic E-state index is -4.44. The molecule has 22 heavy (non-hydrogen) atoms. The molecule has 1 aliphatic heterocycles. The molecular weight excluding hydrogens is 301 g/mol. The lowest BCUT2D eigenvalue weighted by molar-refractivity contribution is -0.137. The van der Waals surface area contributed by atoms with E-state index >= 15 is 0 Å². The summed E-state index contributed by atoms with van der Waals surface area (Å²) in [5.74, 6) is -1.78. The Hall–Kier alpha value is -2.09. The van der Waals surface area contributed by atoms with E-state index in [1.807, 2.05) is 0 Å². The topological polar surface area (TPSA) is 67.4 Å². The van der Waals surface area contributed by atoms with E-state index in [4.69, 9.17) is 4.74 Å². The lowest BCUT2D eigenvalue weighted by Gasteiger charge is -2.11. The van der Waals surface area contributed by atoms with Crippen molar-refractivity contribution >= 4 is 17.5 Å². The molecule has 2 amide bonds. The number of nitrogens with one attached hydrogen (secondary N) is 2. The van der Waals surface area contributed by atoms with Crippen LogP contribution in [0.25, 0.3) is 0 Å². The fourth-order valence-electron chi connectivity index (χ4n) is 2.02. The van der Waals surface area contributed by atoms with Gasteiger partial charge in [0.05, 0.1) is 11.7 Å². The summed E-state index contributed by atoms with van der Waals surface area (Å²) in [4.78, 5) is 23.2. The van der Waals surface area contributed by atoms with Gasteiger partial charge in [-0.05, 0) is 37.1 Å². The maximum Gasteiger partial charge on any atom is 0.416 e. The Labute approximate surface area is 124 Å². The summed E-state index contributed by atoms with van der Waals surface area (Å²) in [6.07, 6.45) is -2.80. The smallest absolute Gasteiger partial charge is 0.376 e. The summed E-state index contributed by atoms with van der Waals surface area (Å²) < 4.78 is 42.5. The molecule has 0 aliphatic carbocycles. The van der Waals surface area contributed by atoms with Gasteiger partial charge in [-0.15, -0.1) is 0 Å². The Morgan fingerprint density at radius 1 is 1.18 bits per heavy atom. The summed E-state index contributed by atoms with van der Waals surface area (Å²) in [5, 5.41) is 4.66. The molecule has 0 radical (unpaired) electrons. The maximum atomic E-state index is 12.4. The van der Waals surface area contributed by atoms with Crippen molar-refractivity contribution in [1.82, 2.24) is 5.32 Å². The molecule has 1 fully saturated rings. The lowest BCUT2D eigenvalue weighted by atomic mass is 10.2. The number of benzene rings is 1. The van der Waals surface area contributed by atoms with E-state index in [0.29, 0.717) is 6.61 Å². The quantitative estimate of drug-likeness (QED) is 0.838. The number of carbonyl (C=O) groups is 2. The molecule has 120 valence electrons. The summed E-state index contributed by atoms with van der Waals surface area (Å²) in [5.41, 5.74) is -0.710. The Balaban J connectivity index is 1.84. The van der Waals surface area contributed by atoms with Crippen LogP contribution in [0.2, 0.25) is 0 Å². The minimum Gasteiger partial charge on any atom is -0.376 e. The molecule has 0 spiro atoms. The fraction of sp³-hybridized carbons (Fsp3) is 0.429. The number of rotatable bonds is 3. The van der Waals surface area contributed by atoms with Gasteiger partial charge in [0, 0.05) is 18.8 Å². The Morgan fingerprint density at radius 3 is 2.41 bits per heavy atom. The van der Waals surface area contributed by atoms with E-state index in [1.165, 1.54) is 0 Å². The molecule has 5 nitrogen and oxygen atoms in total. The third-order valence-electron chi connectivity index (χ3n) is 3.19. The van der Waals surface area contributed by atoms with Crippen molar-refractivity contribution in [3.63, 3.8) is 0 Å². The Kier molecular flexibility index (Phi) is 5.02. The van der Waals surface area contributed by atoms with E-state index < -0.39 is 23.6 Å². The van der Waals surface area contributed by atoms with Crippen LogP contribution >= 0.6 is 0 Å². The van der Waals surface area contributed by atoms with Gasteiger partial charge in [0.2, 0.25) is 0 Å². The van der Waals surface area contributed by atoms with Gasteiger partial charge in [-0.2, -0.15) is 13.2 Å². The Morgan fingerprint density at radius 2 is 1.86 bits per heavy atom. The van der Waals surface area contributed by atoms with Crippen LogP contribution in [0.1, 0.15) is 18.4 Å². The molecule has 2 N–H and O–H groups in total. The highest BCUT2D eigenvalue weighted by molar-refractivity contribution is 6.39. The van der Waals surface area contributed by atoms with Crippen molar-refractivity contribution in [2.24, 2.45) is 0 Å². The lowest BCUT2D eigenvalue weighted by Crippen LogP contribution is -2.39. The number of carbonyl (C=O) groups excluding carboxylic acids is 2. The van der Waals surface area contributed by atoms with E-state index in [2.05, 4.69) is 10.6 Å². The molecule has 1 saturated heterocycles. The molecule has 0 bridgehead atoms. The van der Waals surface area contributed by atoms with Gasteiger partial charge in [0.15, 0.2) is 0 Å². The van der Waals surface area contributed by atoms with Crippen LogP contribution in [0.15, 0.2) is 24.3 Å². The van der Waals surface area contributed by atoms with Crippen molar-refractivity contribution < 1.29 is 27.5 Å². The van der Waals surface area contributed by atoms with E-state index in [0.717, 1.165) is 37.1 Å². The van der Waals surface area contributed by atoms with Gasteiger partial charge in [0.1, 0.15) is 0 Å². The molecule has 8 heteroatoms. The minimum absolute atomic E-state index is 0.0946. The van der Waals surface area contributed by atoms with Gasteiger partial charge in [-0.1, -0.05) is 0 Å². The van der Waals surface area contributed by atoms with Crippen LogP contribution in [0.3, 0.4) is 0 Å². The average molecular weight is 316 g/mol. The third-order valence-corrected chi connectivity index (χ3v) is 3.19. The highest BCUT2D eigenvalue weighted by Crippen LogP contribution is 2.29. The van der Waals surface area contributed by atoms with E-state index in [-0.39, 0.29) is 18.3 Å². The SMILES string of the molecule is O=C(NC[C@@H]1CCCO1)C(=O)Nc1ccc(C(F)(F)F)cc1. The number of hydrogen-bond acceptors (Lipinski definition) is 3. The molecule has 1 atom stereocenters. The van der Waals surface area contributed by atoms with Gasteiger partial charge in [0.25, 0.3) is 0 Å². The van der Waals surface area contributed by atoms with Crippen LogP contribution in [0.4, 0.5) is 18.9 Å². The standard InChI is InChI=1S/C14H15F3N2O3/c15-14(16,17)9-3-5-10(6-4-9)19-13(21)12(20)18-8-11-2-1-7-22-11/h3-6,11H,1-2,7-8H2,(H,18,20)(H,19,21)/t11-/m0/s1. The second-order valence-corrected chi connectivity index (χ2v) is 4.87. The fourth-order valence-corrected chi connectivity index (χ4v) is 2.02. The first-order chi connectivity index (χ1) is 10.4. The molecular formula is C14H15F3N2O3. The van der Waals surface area contributed by atoms with Gasteiger partial charge in [-0.3, -0.25) is 9.59 Å². The molecule has 1 aliphatic rings. The number of ether oxygens (including phenoxy) is 1. The number of amides is 2. The molecule has 1 aromatic carbocycles. The number of hydrogen-bond donors (Lipinski definition) is 2. The summed E-state index contributed by atoms with van der Waals surface area (Å²) >= 11 is 0. The maximum absolute atomic E-state index is 12.4. The van der Waals surface area contributed by atoms with Crippen molar-refractivity contribution in [1.29, 1.82) is 0 Å². The highest BCUT2D eigenvalue weighted by Gasteiger charge is 2.30. The van der Waals surface area contributed by atoms with Crippen LogP contribution < -0.4 is 10.6 Å². The summed E-state index contributed by atoms with van der Waals surface area (Å²) in [7, 11) is 0. The van der Waals surface area contributed by atoms with E-state index in [1.54, 1.807) is 0 Å². The first-order valence-corrected chi connectivity index (χ1v) is 6.74. The number of anilines is 1. The number of halogens is 3. The zero-order valence-corrected chi connectivity index (χ0v) is 11.6. The molecule has 2 rings (SSSR count). The zero-order chi connectivity index (χ0) is 16.2. The monoisotopic (exact) mass is 316 g/mol. The predicted molar refractivity (Wildman–Crippen MR) is 72.1 cm³/mol. The molecule has 1 aromatic rings. The second-order valence-electron chi connectivity index (χ2n) is 4.87. The molecule has 1 heterocycles. The third kappa shape index (κ3) is 4.45. The molecule has 0 saturated carbocycles. The Bertz CT molecular complexity index is 537. The van der Waals surface area contributed by atoms with Crippen molar-refractivity contribution in [2.75, 3.05) is 18.5 Å². The molecule has 0 aromatic heterocycles. The average Bonchev–Trinajstić information content (AvgIpc) is 2.97. The van der Waals surface area contributed by atoms with Crippen LogP contribution in [-0.4, -0.2) is 31.1 Å². The van der Waals surface area contributed by atoms with Gasteiger partial charge >= 0.3 is 18.0 Å². The number of alkyl halides is 3. The van der Waals surface area contributed by atoms with Gasteiger partial charge in [-0.25, -0.2) is 0 Å². The zero-order valence-electron chi connectivity index (χ0n) is 11.6. The van der Waals surface area contributed by atoms with E-state index in [9.17, 15) is 22.8 Å². The van der Waals surface area contributed by atoms with Crippen molar-refractivity contribution in [2.45, 2.75) is 25.1 Å². The first-order valence-electron chi connectivity index (χ1n) is 6.74. The van der Waals surface area contributed by atoms with Crippen LogP contribution in [0.5, 0.6) is 0 Å². The van der Waals surface area contributed by atoms with Crippen molar-refractivity contribution in [3.8, 4) is 0 Å². The van der Waals surface area contributed by atoms with Crippen LogP contribution in [0, 0.1) is 0 Å². The second kappa shape index (κ2) is 6.78. The predicted octanol–water partition coefficient (Wildman–Crippen LogP) is 1.94. The summed E-state index contributed by atoms with van der Waals surface area (Å²) in [6.45, 7) is 0.873.